The zero-order valence-corrected chi connectivity index (χ0v) is 18.6. The number of hydrogen-bond acceptors (Lipinski definition) is 5. The molecule has 0 bridgehead atoms. The van der Waals surface area contributed by atoms with Gasteiger partial charge in [-0.05, 0) is 60.1 Å². The van der Waals surface area contributed by atoms with Crippen LogP contribution in [0.15, 0.2) is 49.1 Å². The van der Waals surface area contributed by atoms with Gasteiger partial charge >= 0.3 is 0 Å². The summed E-state index contributed by atoms with van der Waals surface area (Å²) in [7, 11) is 0. The van der Waals surface area contributed by atoms with E-state index in [2.05, 4.69) is 70.1 Å². The number of aryl methyl sites for hydroxylation is 1. The highest BCUT2D eigenvalue weighted by atomic mass is 16.5. The smallest absolute Gasteiger partial charge is 0.135 e. The summed E-state index contributed by atoms with van der Waals surface area (Å²) in [6, 6.07) is 12.8. The van der Waals surface area contributed by atoms with Gasteiger partial charge in [0, 0.05) is 23.4 Å². The van der Waals surface area contributed by atoms with Crippen LogP contribution in [-0.2, 0) is 19.4 Å². The second kappa shape index (κ2) is 7.33. The maximum absolute atomic E-state index is 6.13. The van der Waals surface area contributed by atoms with Gasteiger partial charge in [-0.15, -0.1) is 0 Å². The highest BCUT2D eigenvalue weighted by molar-refractivity contribution is 5.81. The predicted molar refractivity (Wildman–Crippen MR) is 126 cm³/mol. The van der Waals surface area contributed by atoms with E-state index in [1.165, 1.54) is 34.4 Å². The van der Waals surface area contributed by atoms with Crippen LogP contribution in [0, 0.1) is 5.41 Å². The Morgan fingerprint density at radius 1 is 1.03 bits per heavy atom. The Morgan fingerprint density at radius 3 is 2.84 bits per heavy atom. The van der Waals surface area contributed by atoms with Crippen LogP contribution in [0.4, 0.5) is 5.82 Å². The van der Waals surface area contributed by atoms with Crippen molar-refractivity contribution in [1.29, 1.82) is 0 Å². The molecule has 3 heterocycles. The van der Waals surface area contributed by atoms with E-state index < -0.39 is 0 Å². The van der Waals surface area contributed by atoms with Gasteiger partial charge in [0.2, 0.25) is 0 Å². The van der Waals surface area contributed by atoms with Gasteiger partial charge in [-0.1, -0.05) is 26.0 Å². The number of hydrogen-bond donors (Lipinski definition) is 1. The number of benzene rings is 2. The normalized spacial score (nSPS) is 17.4. The molecule has 1 N–H and O–H groups in total. The summed E-state index contributed by atoms with van der Waals surface area (Å²) in [4.78, 5) is 19.3. The lowest BCUT2D eigenvalue weighted by molar-refractivity contribution is 0.310. The van der Waals surface area contributed by atoms with Crippen molar-refractivity contribution in [3.05, 3.63) is 65.9 Å². The van der Waals surface area contributed by atoms with Gasteiger partial charge in [0.1, 0.15) is 24.5 Å². The van der Waals surface area contributed by atoms with Crippen LogP contribution in [0.2, 0.25) is 0 Å². The van der Waals surface area contributed by atoms with Crippen molar-refractivity contribution in [1.82, 2.24) is 19.9 Å². The molecule has 0 saturated carbocycles. The second-order valence-corrected chi connectivity index (χ2v) is 9.69. The Morgan fingerprint density at radius 2 is 1.91 bits per heavy atom. The summed E-state index contributed by atoms with van der Waals surface area (Å²) in [6.45, 7) is 6.93. The Labute approximate surface area is 187 Å². The summed E-state index contributed by atoms with van der Waals surface area (Å²) < 4.78 is 6.13. The van der Waals surface area contributed by atoms with Gasteiger partial charge in [0.15, 0.2) is 0 Å². The molecule has 4 aromatic rings. The monoisotopic (exact) mass is 425 g/mol. The first-order valence-corrected chi connectivity index (χ1v) is 11.3. The van der Waals surface area contributed by atoms with Crippen molar-refractivity contribution in [2.24, 2.45) is 5.41 Å². The summed E-state index contributed by atoms with van der Waals surface area (Å²) in [6.07, 6.45) is 6.69. The van der Waals surface area contributed by atoms with Crippen LogP contribution >= 0.6 is 0 Å². The predicted octanol–water partition coefficient (Wildman–Crippen LogP) is 4.93. The van der Waals surface area contributed by atoms with E-state index in [0.29, 0.717) is 6.61 Å². The van der Waals surface area contributed by atoms with Crippen molar-refractivity contribution >= 4 is 16.9 Å². The van der Waals surface area contributed by atoms with Gasteiger partial charge < -0.3 is 14.6 Å². The summed E-state index contributed by atoms with van der Waals surface area (Å²) >= 11 is 0. The average molecular weight is 426 g/mol. The zero-order chi connectivity index (χ0) is 21.7. The first-order chi connectivity index (χ1) is 15.6. The molecule has 6 nitrogen and oxygen atoms in total. The van der Waals surface area contributed by atoms with E-state index in [1.807, 2.05) is 0 Å². The standard InChI is InChI=1S/C26H27N5O/c1-26(2)8-7-21-20(13-26)25(30-16-27-21)31-9-10-32-24-6-4-17(11-19(24)14-31)18-3-5-22-23(12-18)29-15-28-22/h3-6,11-12,15-16H,7-10,13-14H2,1-2H3,(H,28,29). The maximum atomic E-state index is 6.13. The molecule has 2 aliphatic rings. The molecule has 1 aliphatic heterocycles. The number of nitrogens with one attached hydrogen (secondary N) is 1. The van der Waals surface area contributed by atoms with Gasteiger partial charge in [0.05, 0.1) is 23.9 Å². The number of anilines is 1. The van der Waals surface area contributed by atoms with Gasteiger partial charge in [-0.25, -0.2) is 15.0 Å². The van der Waals surface area contributed by atoms with Gasteiger partial charge in [-0.3, -0.25) is 0 Å². The summed E-state index contributed by atoms with van der Waals surface area (Å²) in [5.74, 6) is 2.03. The molecule has 0 atom stereocenters. The quantitative estimate of drug-likeness (QED) is 0.493. The van der Waals surface area contributed by atoms with Crippen molar-refractivity contribution in [2.45, 2.75) is 39.7 Å². The number of rotatable bonds is 2. The molecule has 0 amide bonds. The third-order valence-electron chi connectivity index (χ3n) is 6.80. The van der Waals surface area contributed by atoms with Gasteiger partial charge in [0.25, 0.3) is 0 Å². The van der Waals surface area contributed by atoms with Crippen molar-refractivity contribution in [3.8, 4) is 16.9 Å². The minimum atomic E-state index is 0.283. The van der Waals surface area contributed by atoms with E-state index in [4.69, 9.17) is 9.72 Å². The molecule has 6 heteroatoms. The van der Waals surface area contributed by atoms with E-state index in [0.717, 1.165) is 48.5 Å². The molecule has 0 fully saturated rings. The Kier molecular flexibility index (Phi) is 4.42. The van der Waals surface area contributed by atoms with Crippen LogP contribution in [-0.4, -0.2) is 33.1 Å². The third-order valence-corrected chi connectivity index (χ3v) is 6.80. The van der Waals surface area contributed by atoms with E-state index >= 15 is 0 Å². The number of aromatic amines is 1. The average Bonchev–Trinajstić information content (AvgIpc) is 3.16. The minimum absolute atomic E-state index is 0.283. The molecule has 6 rings (SSSR count). The summed E-state index contributed by atoms with van der Waals surface area (Å²) in [5.41, 5.74) is 8.37. The summed E-state index contributed by atoms with van der Waals surface area (Å²) in [5, 5.41) is 0. The fourth-order valence-electron chi connectivity index (χ4n) is 5.00. The molecule has 162 valence electrons. The number of H-pyrrole nitrogens is 1. The Balaban J connectivity index is 1.36. The molecular formula is C26H27N5O. The second-order valence-electron chi connectivity index (χ2n) is 9.69. The van der Waals surface area contributed by atoms with Crippen LogP contribution in [0.1, 0.15) is 37.1 Å². The first-order valence-electron chi connectivity index (χ1n) is 11.3. The maximum Gasteiger partial charge on any atom is 0.135 e. The lowest BCUT2D eigenvalue weighted by Crippen LogP contribution is -2.31. The first kappa shape index (κ1) is 19.3. The Hall–Kier alpha value is -3.41. The topological polar surface area (TPSA) is 66.9 Å². The zero-order valence-electron chi connectivity index (χ0n) is 18.6. The van der Waals surface area contributed by atoms with Crippen molar-refractivity contribution < 1.29 is 4.74 Å². The van der Waals surface area contributed by atoms with E-state index in [-0.39, 0.29) is 5.41 Å². The van der Waals surface area contributed by atoms with Crippen molar-refractivity contribution in [3.63, 3.8) is 0 Å². The third kappa shape index (κ3) is 3.40. The molecule has 0 saturated heterocycles. The van der Waals surface area contributed by atoms with Crippen LogP contribution in [0.25, 0.3) is 22.2 Å². The fraction of sp³-hybridized carbons (Fsp3) is 0.346. The molecule has 2 aromatic heterocycles. The minimum Gasteiger partial charge on any atom is -0.491 e. The SMILES string of the molecule is CC1(C)CCc2ncnc(N3CCOc4ccc(-c5ccc6nc[nH]c6c5)cc4C3)c2C1. The largest absolute Gasteiger partial charge is 0.491 e. The highest BCUT2D eigenvalue weighted by Crippen LogP contribution is 2.39. The lowest BCUT2D eigenvalue weighted by atomic mass is 9.76. The molecule has 32 heavy (non-hydrogen) atoms. The number of nitrogens with zero attached hydrogens (tertiary/aromatic N) is 4. The molecule has 2 aromatic carbocycles. The molecule has 0 radical (unpaired) electrons. The number of fused-ring (bicyclic) bond motifs is 3. The molecular weight excluding hydrogens is 398 g/mol. The lowest BCUT2D eigenvalue weighted by Gasteiger charge is -2.33. The van der Waals surface area contributed by atoms with E-state index in [1.54, 1.807) is 12.7 Å². The number of imidazole rings is 1. The Bertz CT molecular complexity index is 1310. The van der Waals surface area contributed by atoms with Gasteiger partial charge in [-0.2, -0.15) is 0 Å². The van der Waals surface area contributed by atoms with Crippen LogP contribution in [0.3, 0.4) is 0 Å². The molecule has 0 unspecified atom stereocenters. The number of aromatic nitrogens is 4. The van der Waals surface area contributed by atoms with E-state index in [9.17, 15) is 0 Å². The van der Waals surface area contributed by atoms with Crippen LogP contribution in [0.5, 0.6) is 5.75 Å². The molecule has 1 aliphatic carbocycles. The number of ether oxygens (including phenoxy) is 1. The highest BCUT2D eigenvalue weighted by Gasteiger charge is 2.30. The van der Waals surface area contributed by atoms with Crippen LogP contribution < -0.4 is 9.64 Å². The fourth-order valence-corrected chi connectivity index (χ4v) is 5.00. The molecule has 0 spiro atoms. The van der Waals surface area contributed by atoms with Crippen molar-refractivity contribution in [2.75, 3.05) is 18.1 Å².